The fourth-order valence-corrected chi connectivity index (χ4v) is 2.18. The number of phenolic OH excluding ortho intramolecular Hbond substituents is 1. The first kappa shape index (κ1) is 16.1. The molecule has 0 aromatic heterocycles. The molecule has 22 heavy (non-hydrogen) atoms. The monoisotopic (exact) mass is 297 g/mol. The van der Waals surface area contributed by atoms with Gasteiger partial charge in [-0.25, -0.2) is 0 Å². The van der Waals surface area contributed by atoms with Gasteiger partial charge in [0, 0.05) is 5.56 Å². The van der Waals surface area contributed by atoms with Crippen molar-refractivity contribution < 1.29 is 9.90 Å². The molecule has 1 amide bonds. The molecule has 116 valence electrons. The zero-order valence-electron chi connectivity index (χ0n) is 13.8. The van der Waals surface area contributed by atoms with Gasteiger partial charge in [0.2, 0.25) is 0 Å². The van der Waals surface area contributed by atoms with Crippen molar-refractivity contribution in [2.45, 2.75) is 40.0 Å². The third kappa shape index (κ3) is 3.48. The Morgan fingerprint density at radius 3 is 2.27 bits per heavy atom. The fourth-order valence-electron chi connectivity index (χ4n) is 2.18. The van der Waals surface area contributed by atoms with Crippen LogP contribution in [0.2, 0.25) is 0 Å². The summed E-state index contributed by atoms with van der Waals surface area (Å²) in [5, 5.41) is 12.8. The Balaban J connectivity index is 2.29. The highest BCUT2D eigenvalue weighted by Crippen LogP contribution is 2.31. The van der Waals surface area contributed by atoms with E-state index in [9.17, 15) is 9.90 Å². The second kappa shape index (κ2) is 5.84. The molecule has 3 heteroatoms. The molecule has 0 aliphatic heterocycles. The highest BCUT2D eigenvalue weighted by Gasteiger charge is 2.17. The lowest BCUT2D eigenvalue weighted by atomic mass is 9.87. The molecule has 0 bridgehead atoms. The summed E-state index contributed by atoms with van der Waals surface area (Å²) in [4.78, 5) is 12.4. The number of benzene rings is 2. The number of amides is 1. The zero-order valence-corrected chi connectivity index (χ0v) is 13.8. The average Bonchev–Trinajstić information content (AvgIpc) is 2.43. The van der Waals surface area contributed by atoms with Crippen LogP contribution in [0.25, 0.3) is 0 Å². The predicted molar refractivity (Wildman–Crippen MR) is 90.7 cm³/mol. The number of carbonyl (C=O) groups is 1. The van der Waals surface area contributed by atoms with Crippen LogP contribution in [0.5, 0.6) is 5.75 Å². The maximum Gasteiger partial charge on any atom is 0.255 e. The number of carbonyl (C=O) groups excluding carboxylic acids is 1. The largest absolute Gasteiger partial charge is 0.506 e. The minimum atomic E-state index is -0.218. The first-order valence-corrected chi connectivity index (χ1v) is 7.40. The molecule has 0 saturated carbocycles. The van der Waals surface area contributed by atoms with Gasteiger partial charge in [0.25, 0.3) is 5.91 Å². The number of aromatic hydroxyl groups is 1. The van der Waals surface area contributed by atoms with Gasteiger partial charge in [0.15, 0.2) is 0 Å². The molecule has 3 nitrogen and oxygen atoms in total. The Morgan fingerprint density at radius 2 is 1.68 bits per heavy atom. The highest BCUT2D eigenvalue weighted by atomic mass is 16.3. The Morgan fingerprint density at radius 1 is 1.00 bits per heavy atom. The summed E-state index contributed by atoms with van der Waals surface area (Å²) in [5.41, 5.74) is 4.25. The molecule has 2 rings (SSSR count). The number of aryl methyl sites for hydroxylation is 2. The van der Waals surface area contributed by atoms with E-state index in [1.54, 1.807) is 12.1 Å². The number of nitrogens with one attached hydrogen (secondary N) is 1. The third-order valence-corrected chi connectivity index (χ3v) is 3.88. The van der Waals surface area contributed by atoms with Gasteiger partial charge in [-0.3, -0.25) is 4.79 Å². The minimum absolute atomic E-state index is 0.0480. The van der Waals surface area contributed by atoms with Crippen molar-refractivity contribution in [3.05, 3.63) is 58.7 Å². The Labute approximate surface area is 132 Å². The summed E-state index contributed by atoms with van der Waals surface area (Å²) in [7, 11) is 0. The fraction of sp³-hybridized carbons (Fsp3) is 0.316. The second-order valence-electron chi connectivity index (χ2n) is 6.74. The van der Waals surface area contributed by atoms with Crippen molar-refractivity contribution in [3.8, 4) is 5.75 Å². The first-order valence-electron chi connectivity index (χ1n) is 7.40. The SMILES string of the molecule is Cc1ccc(C(=O)Nc2cc(C(C)(C)C)ccc2O)cc1C. The van der Waals surface area contributed by atoms with Gasteiger partial charge in [0.05, 0.1) is 5.69 Å². The predicted octanol–water partition coefficient (Wildman–Crippen LogP) is 4.56. The van der Waals surface area contributed by atoms with Crippen LogP contribution in [0.1, 0.15) is 47.8 Å². The highest BCUT2D eigenvalue weighted by molar-refractivity contribution is 6.05. The van der Waals surface area contributed by atoms with Gasteiger partial charge in [-0.1, -0.05) is 32.9 Å². The van der Waals surface area contributed by atoms with E-state index < -0.39 is 0 Å². The molecule has 0 fully saturated rings. The Hall–Kier alpha value is -2.29. The number of anilines is 1. The lowest BCUT2D eigenvalue weighted by Crippen LogP contribution is -2.15. The molecular formula is C19H23NO2. The smallest absolute Gasteiger partial charge is 0.255 e. The summed E-state index contributed by atoms with van der Waals surface area (Å²) in [6.45, 7) is 10.3. The van der Waals surface area contributed by atoms with E-state index >= 15 is 0 Å². The molecule has 0 saturated heterocycles. The van der Waals surface area contributed by atoms with Crippen LogP contribution in [0, 0.1) is 13.8 Å². The van der Waals surface area contributed by atoms with E-state index in [0.29, 0.717) is 11.3 Å². The number of phenols is 1. The van der Waals surface area contributed by atoms with Crippen LogP contribution in [-0.2, 0) is 5.41 Å². The summed E-state index contributed by atoms with van der Waals surface area (Å²) >= 11 is 0. The van der Waals surface area contributed by atoms with Crippen molar-refractivity contribution in [2.75, 3.05) is 5.32 Å². The number of rotatable bonds is 2. The van der Waals surface area contributed by atoms with Crippen molar-refractivity contribution >= 4 is 11.6 Å². The normalized spacial score (nSPS) is 11.3. The van der Waals surface area contributed by atoms with Gasteiger partial charge in [-0.15, -0.1) is 0 Å². The Bertz CT molecular complexity index is 712. The van der Waals surface area contributed by atoms with Gasteiger partial charge >= 0.3 is 0 Å². The van der Waals surface area contributed by atoms with E-state index in [0.717, 1.165) is 16.7 Å². The molecule has 0 radical (unpaired) electrons. The zero-order chi connectivity index (χ0) is 16.5. The van der Waals surface area contributed by atoms with Crippen LogP contribution in [0.4, 0.5) is 5.69 Å². The molecule has 0 atom stereocenters. The number of hydrogen-bond acceptors (Lipinski definition) is 2. The van der Waals surface area contributed by atoms with Crippen LogP contribution in [0.3, 0.4) is 0 Å². The maximum absolute atomic E-state index is 12.4. The molecule has 2 N–H and O–H groups in total. The van der Waals surface area contributed by atoms with E-state index in [-0.39, 0.29) is 17.1 Å². The minimum Gasteiger partial charge on any atom is -0.506 e. The van der Waals surface area contributed by atoms with E-state index in [2.05, 4.69) is 26.1 Å². The van der Waals surface area contributed by atoms with E-state index in [1.807, 2.05) is 38.1 Å². The van der Waals surface area contributed by atoms with E-state index in [1.165, 1.54) is 0 Å². The molecule has 0 spiro atoms. The van der Waals surface area contributed by atoms with Gasteiger partial charge in [0.1, 0.15) is 5.75 Å². The molecule has 2 aromatic rings. The molecule has 2 aromatic carbocycles. The number of hydrogen-bond donors (Lipinski definition) is 2. The van der Waals surface area contributed by atoms with Gasteiger partial charge in [-0.05, 0) is 60.2 Å². The van der Waals surface area contributed by atoms with Crippen molar-refractivity contribution in [3.63, 3.8) is 0 Å². The van der Waals surface area contributed by atoms with E-state index in [4.69, 9.17) is 0 Å². The van der Waals surface area contributed by atoms with Gasteiger partial charge in [-0.2, -0.15) is 0 Å². The summed E-state index contributed by atoms with van der Waals surface area (Å²) in [6.07, 6.45) is 0. The summed E-state index contributed by atoms with van der Waals surface area (Å²) < 4.78 is 0. The van der Waals surface area contributed by atoms with Crippen molar-refractivity contribution in [2.24, 2.45) is 0 Å². The average molecular weight is 297 g/mol. The molecular weight excluding hydrogens is 274 g/mol. The van der Waals surface area contributed by atoms with Crippen molar-refractivity contribution in [1.82, 2.24) is 0 Å². The van der Waals surface area contributed by atoms with Crippen LogP contribution in [-0.4, -0.2) is 11.0 Å². The molecule has 0 heterocycles. The molecule has 0 unspecified atom stereocenters. The third-order valence-electron chi connectivity index (χ3n) is 3.88. The van der Waals surface area contributed by atoms with Gasteiger partial charge < -0.3 is 10.4 Å². The lowest BCUT2D eigenvalue weighted by Gasteiger charge is -2.20. The molecule has 0 aliphatic carbocycles. The second-order valence-corrected chi connectivity index (χ2v) is 6.74. The Kier molecular flexibility index (Phi) is 4.27. The maximum atomic E-state index is 12.4. The standard InChI is InChI=1S/C19H23NO2/c1-12-6-7-14(10-13(12)2)18(22)20-16-11-15(19(3,4)5)8-9-17(16)21/h6-11,21H,1-5H3,(H,20,22). The first-order chi connectivity index (χ1) is 10.2. The quantitative estimate of drug-likeness (QED) is 0.798. The van der Waals surface area contributed by atoms with Crippen LogP contribution in [0.15, 0.2) is 36.4 Å². The summed E-state index contributed by atoms with van der Waals surface area (Å²) in [5.74, 6) is -0.144. The van der Waals surface area contributed by atoms with Crippen molar-refractivity contribution in [1.29, 1.82) is 0 Å². The topological polar surface area (TPSA) is 49.3 Å². The molecule has 0 aliphatic rings. The summed E-state index contributed by atoms with van der Waals surface area (Å²) in [6, 6.07) is 10.9. The van der Waals surface area contributed by atoms with Crippen LogP contribution >= 0.6 is 0 Å². The lowest BCUT2D eigenvalue weighted by molar-refractivity contribution is 0.102. The van der Waals surface area contributed by atoms with Crippen LogP contribution < -0.4 is 5.32 Å².